The van der Waals surface area contributed by atoms with Crippen LogP contribution in [0.25, 0.3) is 0 Å². The zero-order valence-electron chi connectivity index (χ0n) is 17.3. The summed E-state index contributed by atoms with van der Waals surface area (Å²) in [4.78, 5) is 0. The number of hydrogen-bond donors (Lipinski definition) is 0. The molecule has 1 heteroatoms. The Hall–Kier alpha value is -0.330. The van der Waals surface area contributed by atoms with E-state index >= 15 is 0 Å². The molecule has 3 fully saturated rings. The molecule has 0 aromatic heterocycles. The topological polar surface area (TPSA) is 0 Å². The first-order valence-corrected chi connectivity index (χ1v) is 12.0. The third-order valence-electron chi connectivity index (χ3n) is 8.24. The van der Waals surface area contributed by atoms with Crippen LogP contribution >= 0.6 is 0 Å². The van der Waals surface area contributed by atoms with Gasteiger partial charge in [0, 0.05) is 0 Å². The van der Waals surface area contributed by atoms with Crippen molar-refractivity contribution < 1.29 is 4.39 Å². The fourth-order valence-corrected chi connectivity index (χ4v) is 6.60. The molecule has 150 valence electrons. The summed E-state index contributed by atoms with van der Waals surface area (Å²) in [5.74, 6) is 5.96. The molecule has 0 saturated heterocycles. The third kappa shape index (κ3) is 5.83. The van der Waals surface area contributed by atoms with Crippen LogP contribution < -0.4 is 0 Å². The minimum atomic E-state index is -0.199. The molecule has 0 radical (unpaired) electrons. The van der Waals surface area contributed by atoms with E-state index in [-0.39, 0.29) is 6.67 Å². The highest BCUT2D eigenvalue weighted by molar-refractivity contribution is 4.93. The van der Waals surface area contributed by atoms with Crippen molar-refractivity contribution in [2.24, 2.45) is 35.5 Å². The number of halogens is 1. The van der Waals surface area contributed by atoms with Gasteiger partial charge in [-0.25, -0.2) is 0 Å². The Morgan fingerprint density at radius 1 is 0.692 bits per heavy atom. The average molecular weight is 363 g/mol. The maximum absolute atomic E-state index is 12.2. The molecule has 26 heavy (non-hydrogen) atoms. The highest BCUT2D eigenvalue weighted by Gasteiger charge is 2.34. The van der Waals surface area contributed by atoms with Crippen molar-refractivity contribution in [3.8, 4) is 0 Å². The molecule has 3 saturated carbocycles. The van der Waals surface area contributed by atoms with Crippen LogP contribution in [0.3, 0.4) is 0 Å². The van der Waals surface area contributed by atoms with Gasteiger partial charge in [-0.1, -0.05) is 44.8 Å². The second kappa shape index (κ2) is 10.9. The van der Waals surface area contributed by atoms with Gasteiger partial charge in [0.2, 0.25) is 0 Å². The summed E-state index contributed by atoms with van der Waals surface area (Å²) in [6, 6.07) is 0. The van der Waals surface area contributed by atoms with Crippen LogP contribution in [-0.2, 0) is 0 Å². The van der Waals surface area contributed by atoms with E-state index in [0.29, 0.717) is 6.42 Å². The molecular formula is C25H43F. The molecule has 0 amide bonds. The standard InChI is InChI=1S/C25H43F/c1-2-5-20-7-11-22(12-8-20)24-15-17-25(18-16-24)23-13-9-21(10-14-23)6-3-4-19-26/h3,6,20-25H,2,4-5,7-19H2,1H3/b6-3+/t20-,21-,22-,23-,24?,25?. The Bertz CT molecular complexity index is 390. The molecule has 0 unspecified atom stereocenters. The van der Waals surface area contributed by atoms with Gasteiger partial charge in [-0.05, 0) is 106 Å². The monoisotopic (exact) mass is 362 g/mol. The lowest BCUT2D eigenvalue weighted by Crippen LogP contribution is -2.29. The summed E-state index contributed by atoms with van der Waals surface area (Å²) < 4.78 is 12.2. The number of rotatable bonds is 7. The van der Waals surface area contributed by atoms with Crippen LogP contribution in [-0.4, -0.2) is 6.67 Å². The first kappa shape index (κ1) is 20.4. The Morgan fingerprint density at radius 3 is 1.62 bits per heavy atom. The fraction of sp³-hybridized carbons (Fsp3) is 0.920. The average Bonchev–Trinajstić information content (AvgIpc) is 2.70. The molecule has 0 nitrogen and oxygen atoms in total. The molecule has 0 bridgehead atoms. The number of alkyl halides is 1. The van der Waals surface area contributed by atoms with E-state index < -0.39 is 0 Å². The van der Waals surface area contributed by atoms with E-state index in [1.807, 2.05) is 0 Å². The molecule has 3 aliphatic carbocycles. The maximum Gasteiger partial charge on any atom is 0.0928 e. The number of allylic oxidation sites excluding steroid dienone is 2. The van der Waals surface area contributed by atoms with Crippen molar-refractivity contribution in [3.05, 3.63) is 12.2 Å². The van der Waals surface area contributed by atoms with E-state index in [2.05, 4.69) is 19.1 Å². The molecule has 0 aliphatic heterocycles. The van der Waals surface area contributed by atoms with Gasteiger partial charge in [0.1, 0.15) is 0 Å². The zero-order chi connectivity index (χ0) is 18.2. The van der Waals surface area contributed by atoms with E-state index in [9.17, 15) is 4.39 Å². The minimum absolute atomic E-state index is 0.199. The lowest BCUT2D eigenvalue weighted by Gasteiger charge is -2.41. The minimum Gasteiger partial charge on any atom is -0.251 e. The summed E-state index contributed by atoms with van der Waals surface area (Å²) in [6.07, 6.45) is 25.7. The quantitative estimate of drug-likeness (QED) is 0.401. The van der Waals surface area contributed by atoms with Crippen molar-refractivity contribution >= 4 is 0 Å². The summed E-state index contributed by atoms with van der Waals surface area (Å²) >= 11 is 0. The molecule has 0 heterocycles. The Labute approximate surface area is 162 Å². The van der Waals surface area contributed by atoms with Gasteiger partial charge in [-0.15, -0.1) is 0 Å². The van der Waals surface area contributed by atoms with E-state index in [1.54, 1.807) is 0 Å². The lowest BCUT2D eigenvalue weighted by molar-refractivity contribution is 0.107. The molecule has 0 spiro atoms. The lowest BCUT2D eigenvalue weighted by atomic mass is 9.65. The summed E-state index contributed by atoms with van der Waals surface area (Å²) in [7, 11) is 0. The van der Waals surface area contributed by atoms with Crippen molar-refractivity contribution in [2.45, 2.75) is 103 Å². The van der Waals surface area contributed by atoms with E-state index in [1.165, 1.54) is 89.9 Å². The SMILES string of the molecule is CCC[C@H]1CC[C@H](C2CCC([C@H]3CC[C@H](/C=C/CCF)CC3)CC2)CC1. The molecule has 0 aromatic rings. The van der Waals surface area contributed by atoms with Crippen molar-refractivity contribution in [2.75, 3.05) is 6.67 Å². The van der Waals surface area contributed by atoms with Crippen LogP contribution in [0.2, 0.25) is 0 Å². The van der Waals surface area contributed by atoms with Gasteiger partial charge in [0.25, 0.3) is 0 Å². The van der Waals surface area contributed by atoms with Gasteiger partial charge < -0.3 is 0 Å². The fourth-order valence-electron chi connectivity index (χ4n) is 6.60. The number of hydrogen-bond acceptors (Lipinski definition) is 0. The zero-order valence-corrected chi connectivity index (χ0v) is 17.3. The molecule has 3 aliphatic rings. The second-order valence-corrected chi connectivity index (χ2v) is 9.83. The largest absolute Gasteiger partial charge is 0.251 e. The normalized spacial score (nSPS) is 39.3. The molecule has 3 rings (SSSR count). The Balaban J connectivity index is 1.34. The molecule has 0 atom stereocenters. The highest BCUT2D eigenvalue weighted by atomic mass is 19.1. The van der Waals surface area contributed by atoms with Gasteiger partial charge in [0.15, 0.2) is 0 Å². The van der Waals surface area contributed by atoms with Crippen LogP contribution in [0.1, 0.15) is 103 Å². The predicted octanol–water partition coefficient (Wildman–Crippen LogP) is 8.12. The Morgan fingerprint density at radius 2 is 1.15 bits per heavy atom. The van der Waals surface area contributed by atoms with Gasteiger partial charge >= 0.3 is 0 Å². The van der Waals surface area contributed by atoms with E-state index in [0.717, 1.165) is 35.5 Å². The van der Waals surface area contributed by atoms with Crippen molar-refractivity contribution in [1.82, 2.24) is 0 Å². The molecule has 0 aromatic carbocycles. The first-order valence-electron chi connectivity index (χ1n) is 12.0. The summed E-state index contributed by atoms with van der Waals surface area (Å²) in [5, 5.41) is 0. The van der Waals surface area contributed by atoms with Crippen molar-refractivity contribution in [1.29, 1.82) is 0 Å². The Kier molecular flexibility index (Phi) is 8.53. The molecule has 0 N–H and O–H groups in total. The van der Waals surface area contributed by atoms with E-state index in [4.69, 9.17) is 0 Å². The first-order chi connectivity index (χ1) is 12.8. The van der Waals surface area contributed by atoms with Crippen LogP contribution in [0.4, 0.5) is 4.39 Å². The molecular weight excluding hydrogens is 319 g/mol. The van der Waals surface area contributed by atoms with Gasteiger partial charge in [-0.2, -0.15) is 0 Å². The maximum atomic E-state index is 12.2. The summed E-state index contributed by atoms with van der Waals surface area (Å²) in [6.45, 7) is 2.15. The summed E-state index contributed by atoms with van der Waals surface area (Å²) in [5.41, 5.74) is 0. The van der Waals surface area contributed by atoms with Crippen LogP contribution in [0.15, 0.2) is 12.2 Å². The van der Waals surface area contributed by atoms with Gasteiger partial charge in [0.05, 0.1) is 6.67 Å². The smallest absolute Gasteiger partial charge is 0.0928 e. The van der Waals surface area contributed by atoms with Gasteiger partial charge in [-0.3, -0.25) is 4.39 Å². The predicted molar refractivity (Wildman–Crippen MR) is 111 cm³/mol. The third-order valence-corrected chi connectivity index (χ3v) is 8.24. The van der Waals surface area contributed by atoms with Crippen LogP contribution in [0, 0.1) is 35.5 Å². The second-order valence-electron chi connectivity index (χ2n) is 9.83. The van der Waals surface area contributed by atoms with Crippen LogP contribution in [0.5, 0.6) is 0 Å². The highest BCUT2D eigenvalue weighted by Crippen LogP contribution is 2.46. The van der Waals surface area contributed by atoms with Crippen molar-refractivity contribution in [3.63, 3.8) is 0 Å².